The van der Waals surface area contributed by atoms with Crippen LogP contribution in [0.2, 0.25) is 0 Å². The summed E-state index contributed by atoms with van der Waals surface area (Å²) in [5.74, 6) is 0.753. The fourth-order valence-corrected chi connectivity index (χ4v) is 11.3. The first-order chi connectivity index (χ1) is 25.5. The monoisotopic (exact) mass is 729 g/mol. The first-order valence-corrected chi connectivity index (χ1v) is 24.8. The van der Waals surface area contributed by atoms with Crippen molar-refractivity contribution in [3.05, 3.63) is 11.1 Å². The van der Waals surface area contributed by atoms with E-state index in [9.17, 15) is 0 Å². The quantitative estimate of drug-likeness (QED) is 0.0457. The first kappa shape index (κ1) is 49.7. The lowest BCUT2D eigenvalue weighted by Crippen LogP contribution is -2.66. The Morgan fingerprint density at radius 1 is 0.385 bits per heavy atom. The summed E-state index contributed by atoms with van der Waals surface area (Å²) in [6.07, 6.45) is 47.7. The third-order valence-electron chi connectivity index (χ3n) is 14.0. The maximum Gasteiger partial charge on any atom is 0.0955 e. The minimum Gasteiger partial charge on any atom is -0.370 e. The second-order valence-electron chi connectivity index (χ2n) is 17.9. The summed E-state index contributed by atoms with van der Waals surface area (Å²) in [7, 11) is 0. The van der Waals surface area contributed by atoms with Crippen molar-refractivity contribution in [1.29, 1.82) is 0 Å². The molecule has 0 saturated heterocycles. The molecule has 1 aliphatic carbocycles. The van der Waals surface area contributed by atoms with Crippen LogP contribution in [0.15, 0.2) is 11.1 Å². The standard InChI is InChI=1S/C51H100O/c1-10-19-28-37-46-47(38-29-20-11-2)49(40-31-22-13-4,41-32-23-14-5)50(42-33-24-15-6,43-34-25-16-7)51(44-35-26-17-8,52-45-36-27-18-9)48(46)39-30-21-12-3/h47H,10-45H2,1-9H3. The molecule has 0 aromatic rings. The molecule has 0 amide bonds. The van der Waals surface area contributed by atoms with Gasteiger partial charge in [-0.15, -0.1) is 0 Å². The third kappa shape index (κ3) is 14.6. The summed E-state index contributed by atoms with van der Waals surface area (Å²) >= 11 is 0. The molecule has 52 heavy (non-hydrogen) atoms. The van der Waals surface area contributed by atoms with E-state index < -0.39 is 0 Å². The van der Waals surface area contributed by atoms with Gasteiger partial charge in [-0.25, -0.2) is 0 Å². The Hall–Kier alpha value is -0.300. The van der Waals surface area contributed by atoms with Gasteiger partial charge in [-0.05, 0) is 87.5 Å². The van der Waals surface area contributed by atoms with E-state index in [0.717, 1.165) is 12.5 Å². The van der Waals surface area contributed by atoms with Gasteiger partial charge in [-0.3, -0.25) is 0 Å². The van der Waals surface area contributed by atoms with Gasteiger partial charge < -0.3 is 4.74 Å². The Morgan fingerprint density at radius 2 is 0.769 bits per heavy atom. The summed E-state index contributed by atoms with van der Waals surface area (Å²) in [6.45, 7) is 22.9. The van der Waals surface area contributed by atoms with Crippen molar-refractivity contribution in [2.75, 3.05) is 6.61 Å². The maximum absolute atomic E-state index is 8.16. The molecule has 0 aliphatic heterocycles. The highest BCUT2D eigenvalue weighted by Gasteiger charge is 2.68. The predicted molar refractivity (Wildman–Crippen MR) is 237 cm³/mol. The normalized spacial score (nSPS) is 19.9. The molecule has 0 heterocycles. The lowest BCUT2D eigenvalue weighted by atomic mass is 9.38. The van der Waals surface area contributed by atoms with Gasteiger partial charge in [0.1, 0.15) is 0 Å². The molecule has 0 radical (unpaired) electrons. The molecule has 0 aromatic carbocycles. The van der Waals surface area contributed by atoms with Crippen molar-refractivity contribution in [3.63, 3.8) is 0 Å². The molecule has 2 atom stereocenters. The predicted octanol–water partition coefficient (Wildman–Crippen LogP) is 18.5. The zero-order chi connectivity index (χ0) is 38.4. The summed E-state index contributed by atoms with van der Waals surface area (Å²) in [5, 5.41) is 0. The van der Waals surface area contributed by atoms with Gasteiger partial charge in [0.15, 0.2) is 0 Å². The van der Waals surface area contributed by atoms with E-state index in [0.29, 0.717) is 5.41 Å². The molecule has 0 aromatic heterocycles. The van der Waals surface area contributed by atoms with Crippen LogP contribution < -0.4 is 0 Å². The largest absolute Gasteiger partial charge is 0.370 e. The van der Waals surface area contributed by atoms with Gasteiger partial charge in [0.05, 0.1) is 5.60 Å². The van der Waals surface area contributed by atoms with Gasteiger partial charge in [0, 0.05) is 12.0 Å². The van der Waals surface area contributed by atoms with Crippen LogP contribution in [-0.2, 0) is 4.74 Å². The van der Waals surface area contributed by atoms with Crippen LogP contribution in [0, 0.1) is 16.7 Å². The van der Waals surface area contributed by atoms with Crippen LogP contribution in [0.25, 0.3) is 0 Å². The van der Waals surface area contributed by atoms with Crippen LogP contribution in [0.5, 0.6) is 0 Å². The molecule has 0 spiro atoms. The van der Waals surface area contributed by atoms with Gasteiger partial charge in [0.25, 0.3) is 0 Å². The van der Waals surface area contributed by atoms with Gasteiger partial charge in [-0.1, -0.05) is 222 Å². The van der Waals surface area contributed by atoms with Gasteiger partial charge in [-0.2, -0.15) is 0 Å². The highest BCUT2D eigenvalue weighted by molar-refractivity contribution is 5.39. The Balaban J connectivity index is 4.63. The Kier molecular flexibility index (Phi) is 29.5. The van der Waals surface area contributed by atoms with Crippen molar-refractivity contribution < 1.29 is 4.74 Å². The second-order valence-corrected chi connectivity index (χ2v) is 17.9. The molecule has 1 nitrogen and oxygen atoms in total. The summed E-state index contributed by atoms with van der Waals surface area (Å²) in [4.78, 5) is 0. The summed E-state index contributed by atoms with van der Waals surface area (Å²) < 4.78 is 8.16. The zero-order valence-electron chi connectivity index (χ0n) is 37.9. The Morgan fingerprint density at radius 3 is 1.25 bits per heavy atom. The van der Waals surface area contributed by atoms with E-state index in [1.807, 2.05) is 11.1 Å². The Bertz CT molecular complexity index is 818. The lowest BCUT2D eigenvalue weighted by Gasteiger charge is -2.69. The van der Waals surface area contributed by atoms with Crippen molar-refractivity contribution in [3.8, 4) is 0 Å². The van der Waals surface area contributed by atoms with Crippen molar-refractivity contribution >= 4 is 0 Å². The molecular formula is C51H100O. The summed E-state index contributed by atoms with van der Waals surface area (Å²) in [6, 6.07) is 0. The van der Waals surface area contributed by atoms with Gasteiger partial charge >= 0.3 is 0 Å². The molecule has 310 valence electrons. The molecule has 1 aliphatic rings. The van der Waals surface area contributed by atoms with Crippen LogP contribution >= 0.6 is 0 Å². The third-order valence-corrected chi connectivity index (χ3v) is 14.0. The fourth-order valence-electron chi connectivity index (χ4n) is 11.3. The van der Waals surface area contributed by atoms with Crippen molar-refractivity contribution in [1.82, 2.24) is 0 Å². The van der Waals surface area contributed by atoms with E-state index in [1.54, 1.807) is 0 Å². The minimum absolute atomic E-state index is 0.0909. The van der Waals surface area contributed by atoms with Crippen LogP contribution in [-0.4, -0.2) is 12.2 Å². The number of ether oxygens (including phenoxy) is 1. The van der Waals surface area contributed by atoms with Crippen molar-refractivity contribution in [2.24, 2.45) is 16.7 Å². The fraction of sp³-hybridized carbons (Fsp3) is 0.961. The summed E-state index contributed by atoms with van der Waals surface area (Å²) in [5.41, 5.74) is 4.40. The van der Waals surface area contributed by atoms with E-state index in [2.05, 4.69) is 62.3 Å². The van der Waals surface area contributed by atoms with E-state index in [-0.39, 0.29) is 11.0 Å². The second kappa shape index (κ2) is 30.9. The van der Waals surface area contributed by atoms with Crippen LogP contribution in [0.4, 0.5) is 0 Å². The molecule has 0 bridgehead atoms. The number of allylic oxidation sites excluding steroid dienone is 1. The topological polar surface area (TPSA) is 9.23 Å². The number of hydrogen-bond acceptors (Lipinski definition) is 1. The number of rotatable bonds is 37. The van der Waals surface area contributed by atoms with Crippen LogP contribution in [0.3, 0.4) is 0 Å². The molecule has 1 rings (SSSR count). The van der Waals surface area contributed by atoms with Crippen molar-refractivity contribution in [2.45, 2.75) is 293 Å². The SMILES string of the molecule is CCCCCOC1(CCCCC)C(CCCCC)=C(CCCCC)C(CCCCC)C(CCCCC)(CCCCC)C1(CCCCC)CCCCC. The van der Waals surface area contributed by atoms with Crippen LogP contribution in [0.1, 0.15) is 287 Å². The molecule has 1 heteroatoms. The average Bonchev–Trinajstić information content (AvgIpc) is 3.14. The average molecular weight is 729 g/mol. The number of unbranched alkanes of at least 4 members (excludes halogenated alkanes) is 18. The molecule has 0 N–H and O–H groups in total. The lowest BCUT2D eigenvalue weighted by molar-refractivity contribution is -0.216. The van der Waals surface area contributed by atoms with E-state index in [4.69, 9.17) is 4.74 Å². The molecular weight excluding hydrogens is 629 g/mol. The van der Waals surface area contributed by atoms with Gasteiger partial charge in [0.2, 0.25) is 0 Å². The number of hydrogen-bond donors (Lipinski definition) is 0. The highest BCUT2D eigenvalue weighted by atomic mass is 16.5. The smallest absolute Gasteiger partial charge is 0.0955 e. The molecule has 0 fully saturated rings. The molecule has 0 saturated carbocycles. The Labute approximate surface area is 330 Å². The maximum atomic E-state index is 8.16. The van der Waals surface area contributed by atoms with E-state index in [1.165, 1.54) is 225 Å². The first-order valence-electron chi connectivity index (χ1n) is 24.8. The minimum atomic E-state index is -0.0909. The van der Waals surface area contributed by atoms with E-state index >= 15 is 0 Å². The zero-order valence-corrected chi connectivity index (χ0v) is 37.9. The molecule has 2 unspecified atom stereocenters. The highest BCUT2D eigenvalue weighted by Crippen LogP contribution is 2.72.